The van der Waals surface area contributed by atoms with Crippen molar-refractivity contribution in [3.05, 3.63) is 18.2 Å². The molecule has 0 fully saturated rings. The van der Waals surface area contributed by atoms with Crippen molar-refractivity contribution in [2.45, 2.75) is 6.92 Å². The average Bonchev–Trinajstić information content (AvgIpc) is 1.77. The van der Waals surface area contributed by atoms with Gasteiger partial charge in [0.25, 0.3) is 0 Å². The number of hydrogen-bond donors (Lipinski definition) is 1. The lowest BCUT2D eigenvalue weighted by Crippen LogP contribution is -1.92. The first-order valence-corrected chi connectivity index (χ1v) is 2.26. The molecule has 1 radical (unpaired) electrons. The molecule has 0 saturated carbocycles. The summed E-state index contributed by atoms with van der Waals surface area (Å²) >= 11 is 0. The molecular formula is C5H6N3. The molecule has 3 heteroatoms. The van der Waals surface area contributed by atoms with E-state index in [0.29, 0.717) is 5.69 Å². The van der Waals surface area contributed by atoms with Gasteiger partial charge in [-0.25, -0.2) is 9.97 Å². The lowest BCUT2D eigenvalue weighted by atomic mass is 10.4. The molecule has 1 heterocycles. The Morgan fingerprint density at radius 3 is 2.88 bits per heavy atom. The summed E-state index contributed by atoms with van der Waals surface area (Å²) < 4.78 is 0. The van der Waals surface area contributed by atoms with Crippen LogP contribution in [0.5, 0.6) is 0 Å². The van der Waals surface area contributed by atoms with E-state index in [-0.39, 0.29) is 0 Å². The fourth-order valence-corrected chi connectivity index (χ4v) is 0.360. The Morgan fingerprint density at radius 2 is 2.50 bits per heavy atom. The molecule has 0 spiro atoms. The van der Waals surface area contributed by atoms with Gasteiger partial charge in [0, 0.05) is 0 Å². The van der Waals surface area contributed by atoms with Gasteiger partial charge in [0.1, 0.15) is 0 Å². The van der Waals surface area contributed by atoms with E-state index in [0.717, 1.165) is 5.69 Å². The van der Waals surface area contributed by atoms with Crippen LogP contribution < -0.4 is 5.73 Å². The molecule has 2 N–H and O–H groups in total. The van der Waals surface area contributed by atoms with Crippen molar-refractivity contribution in [1.29, 1.82) is 0 Å². The highest BCUT2D eigenvalue weighted by Crippen LogP contribution is 1.99. The van der Waals surface area contributed by atoms with Gasteiger partial charge in [-0.15, -0.1) is 0 Å². The first kappa shape index (κ1) is 5.03. The topological polar surface area (TPSA) is 51.8 Å². The molecule has 0 aromatic carbocycles. The third kappa shape index (κ3) is 0.753. The third-order valence-electron chi connectivity index (χ3n) is 0.897. The van der Waals surface area contributed by atoms with E-state index in [1.807, 2.05) is 6.92 Å². The molecule has 0 aliphatic carbocycles. The van der Waals surface area contributed by atoms with Crippen LogP contribution in [-0.2, 0) is 0 Å². The van der Waals surface area contributed by atoms with E-state index in [1.54, 1.807) is 0 Å². The molecule has 1 rings (SSSR count). The van der Waals surface area contributed by atoms with Crippen molar-refractivity contribution < 1.29 is 0 Å². The Hall–Kier alpha value is -1.12. The van der Waals surface area contributed by atoms with E-state index >= 15 is 0 Å². The number of nitrogens with two attached hydrogens (primary N) is 1. The molecule has 0 amide bonds. The summed E-state index contributed by atoms with van der Waals surface area (Å²) in [6, 6.07) is 0. The zero-order valence-electron chi connectivity index (χ0n) is 4.55. The van der Waals surface area contributed by atoms with Gasteiger partial charge in [-0.1, -0.05) is 0 Å². The van der Waals surface area contributed by atoms with Crippen LogP contribution in [0.2, 0.25) is 0 Å². The average molecular weight is 108 g/mol. The van der Waals surface area contributed by atoms with Crippen molar-refractivity contribution in [2.24, 2.45) is 0 Å². The largest absolute Gasteiger partial charge is 0.396 e. The normalized spacial score (nSPS) is 9.12. The van der Waals surface area contributed by atoms with E-state index in [2.05, 4.69) is 16.3 Å². The first-order valence-electron chi connectivity index (χ1n) is 2.26. The molecule has 0 saturated heterocycles. The van der Waals surface area contributed by atoms with Gasteiger partial charge in [-0.2, -0.15) is 0 Å². The van der Waals surface area contributed by atoms with Crippen molar-refractivity contribution >= 4 is 5.69 Å². The minimum absolute atomic E-state index is 0.615. The monoisotopic (exact) mass is 108 g/mol. The molecule has 0 aliphatic heterocycles. The molecule has 3 nitrogen and oxygen atoms in total. The van der Waals surface area contributed by atoms with Gasteiger partial charge in [0.05, 0.1) is 17.6 Å². The molecular weight excluding hydrogens is 102 g/mol. The van der Waals surface area contributed by atoms with Crippen LogP contribution in [-0.4, -0.2) is 9.97 Å². The zero-order valence-corrected chi connectivity index (χ0v) is 4.55. The van der Waals surface area contributed by atoms with E-state index in [9.17, 15) is 0 Å². The van der Waals surface area contributed by atoms with Crippen molar-refractivity contribution in [3.63, 3.8) is 0 Å². The van der Waals surface area contributed by atoms with Crippen LogP contribution in [0.3, 0.4) is 0 Å². The fourth-order valence-electron chi connectivity index (χ4n) is 0.360. The van der Waals surface area contributed by atoms with Gasteiger partial charge >= 0.3 is 0 Å². The second kappa shape index (κ2) is 1.78. The summed E-state index contributed by atoms with van der Waals surface area (Å²) in [7, 11) is 0. The van der Waals surface area contributed by atoms with Crippen LogP contribution in [0.1, 0.15) is 5.69 Å². The summed E-state index contributed by atoms with van der Waals surface area (Å²) in [5.74, 6) is 0. The van der Waals surface area contributed by atoms with E-state index in [4.69, 9.17) is 5.73 Å². The van der Waals surface area contributed by atoms with Gasteiger partial charge in [-0.3, -0.25) is 0 Å². The number of nitrogens with zero attached hydrogens (tertiary/aromatic N) is 2. The predicted octanol–water partition coefficient (Wildman–Crippen LogP) is 0.167. The highest BCUT2D eigenvalue weighted by molar-refractivity contribution is 5.37. The molecule has 0 aliphatic rings. The van der Waals surface area contributed by atoms with Crippen LogP contribution >= 0.6 is 0 Å². The summed E-state index contributed by atoms with van der Waals surface area (Å²) in [6.07, 6.45) is 3.95. The zero-order chi connectivity index (χ0) is 5.98. The minimum atomic E-state index is 0.615. The Balaban J connectivity index is 3.13. The number of anilines is 1. The Bertz CT molecular complexity index is 164. The molecule has 41 valence electrons. The standard InChI is InChI=1S/C5H6N3/c1-4-5(6)2-7-3-8-4/h2H,6H2,1H3. The van der Waals surface area contributed by atoms with Crippen molar-refractivity contribution in [1.82, 2.24) is 9.97 Å². The van der Waals surface area contributed by atoms with Crippen LogP contribution in [0.4, 0.5) is 5.69 Å². The summed E-state index contributed by atoms with van der Waals surface area (Å²) in [5, 5.41) is 0. The lowest BCUT2D eigenvalue weighted by molar-refractivity contribution is 1.09. The van der Waals surface area contributed by atoms with Crippen LogP contribution in [0, 0.1) is 13.3 Å². The van der Waals surface area contributed by atoms with Crippen LogP contribution in [0.25, 0.3) is 0 Å². The fraction of sp³-hybridized carbons (Fsp3) is 0.200. The number of aryl methyl sites for hydroxylation is 1. The van der Waals surface area contributed by atoms with Gasteiger partial charge in [0.15, 0.2) is 6.33 Å². The minimum Gasteiger partial charge on any atom is -0.396 e. The summed E-state index contributed by atoms with van der Waals surface area (Å²) in [5.41, 5.74) is 6.77. The van der Waals surface area contributed by atoms with E-state index < -0.39 is 0 Å². The SMILES string of the molecule is Cc1n[c]ncc1N. The second-order valence-electron chi connectivity index (χ2n) is 1.51. The van der Waals surface area contributed by atoms with Crippen molar-refractivity contribution in [3.8, 4) is 0 Å². The molecule has 1 aromatic heterocycles. The molecule has 0 atom stereocenters. The Labute approximate surface area is 47.6 Å². The highest BCUT2D eigenvalue weighted by Gasteiger charge is 1.88. The number of nitrogen functional groups attached to an aromatic ring is 1. The molecule has 0 bridgehead atoms. The predicted molar refractivity (Wildman–Crippen MR) is 30.0 cm³/mol. The quantitative estimate of drug-likeness (QED) is 0.515. The molecule has 8 heavy (non-hydrogen) atoms. The Morgan fingerprint density at radius 1 is 1.75 bits per heavy atom. The number of hydrogen-bond acceptors (Lipinski definition) is 3. The summed E-state index contributed by atoms with van der Waals surface area (Å²) in [4.78, 5) is 7.30. The third-order valence-corrected chi connectivity index (χ3v) is 0.897. The smallest absolute Gasteiger partial charge is 0.198 e. The summed E-state index contributed by atoms with van der Waals surface area (Å²) in [6.45, 7) is 1.81. The maximum absolute atomic E-state index is 5.37. The van der Waals surface area contributed by atoms with Gasteiger partial charge in [-0.05, 0) is 6.92 Å². The Kier molecular flexibility index (Phi) is 1.12. The lowest BCUT2D eigenvalue weighted by Gasteiger charge is -1.91. The maximum atomic E-state index is 5.37. The maximum Gasteiger partial charge on any atom is 0.198 e. The number of aromatic nitrogens is 2. The van der Waals surface area contributed by atoms with E-state index in [1.165, 1.54) is 6.20 Å². The molecule has 1 aromatic rings. The van der Waals surface area contributed by atoms with Crippen molar-refractivity contribution in [2.75, 3.05) is 5.73 Å². The van der Waals surface area contributed by atoms with Crippen LogP contribution in [0.15, 0.2) is 6.20 Å². The van der Waals surface area contributed by atoms with Gasteiger partial charge < -0.3 is 5.73 Å². The molecule has 0 unspecified atom stereocenters. The first-order chi connectivity index (χ1) is 3.80. The van der Waals surface area contributed by atoms with Gasteiger partial charge in [0.2, 0.25) is 0 Å². The number of rotatable bonds is 0. The highest BCUT2D eigenvalue weighted by atomic mass is 14.8. The second-order valence-corrected chi connectivity index (χ2v) is 1.51.